The molecule has 2 heterocycles. The van der Waals surface area contributed by atoms with Crippen molar-refractivity contribution in [2.75, 3.05) is 26.0 Å². The summed E-state index contributed by atoms with van der Waals surface area (Å²) in [7, 11) is 4.21. The van der Waals surface area contributed by atoms with Gasteiger partial charge < -0.3 is 10.2 Å². The van der Waals surface area contributed by atoms with Crippen molar-refractivity contribution in [3.8, 4) is 11.4 Å². The molecule has 1 N–H and O–H groups in total. The Morgan fingerprint density at radius 3 is 2.33 bits per heavy atom. The number of aryl methyl sites for hydroxylation is 1. The summed E-state index contributed by atoms with van der Waals surface area (Å²) in [4.78, 5) is 15.7. The van der Waals surface area contributed by atoms with Crippen LogP contribution >= 0.6 is 0 Å². The number of rotatable bonds is 6. The number of aromatic nitrogens is 3. The predicted molar refractivity (Wildman–Crippen MR) is 100 cm³/mol. The van der Waals surface area contributed by atoms with Crippen molar-refractivity contribution in [2.24, 2.45) is 5.41 Å². The van der Waals surface area contributed by atoms with Gasteiger partial charge in [-0.2, -0.15) is 0 Å². The summed E-state index contributed by atoms with van der Waals surface area (Å²) in [6.45, 7) is 11.9. The van der Waals surface area contributed by atoms with Crippen molar-refractivity contribution in [3.05, 3.63) is 35.8 Å². The van der Waals surface area contributed by atoms with E-state index in [4.69, 9.17) is 4.98 Å². The Bertz CT molecular complexity index is 680. The van der Waals surface area contributed by atoms with Gasteiger partial charge in [0.2, 0.25) is 0 Å². The Balaban J connectivity index is 2.32. The molecule has 0 aliphatic carbocycles. The summed E-state index contributed by atoms with van der Waals surface area (Å²) in [5.74, 6) is 1.65. The third-order valence-electron chi connectivity index (χ3n) is 4.58. The molecule has 1 unspecified atom stereocenters. The van der Waals surface area contributed by atoms with E-state index < -0.39 is 0 Å². The normalized spacial score (nSPS) is 13.2. The monoisotopic (exact) mass is 327 g/mol. The van der Waals surface area contributed by atoms with Crippen molar-refractivity contribution in [2.45, 2.75) is 40.7 Å². The SMILES string of the molecule is Cc1nc(-c2ccncc2)nc(NC(C)C(C)(C)CN(C)C)c1C. The first-order valence-corrected chi connectivity index (χ1v) is 8.37. The molecule has 0 aliphatic heterocycles. The highest BCUT2D eigenvalue weighted by molar-refractivity contribution is 5.59. The molecule has 0 spiro atoms. The van der Waals surface area contributed by atoms with Gasteiger partial charge in [-0.3, -0.25) is 4.98 Å². The van der Waals surface area contributed by atoms with Crippen LogP contribution in [-0.2, 0) is 0 Å². The molecule has 0 aromatic carbocycles. The maximum absolute atomic E-state index is 4.77. The van der Waals surface area contributed by atoms with Crippen molar-refractivity contribution in [1.29, 1.82) is 0 Å². The van der Waals surface area contributed by atoms with E-state index in [0.29, 0.717) is 0 Å². The molecule has 2 rings (SSSR count). The van der Waals surface area contributed by atoms with Gasteiger partial charge in [-0.15, -0.1) is 0 Å². The number of nitrogens with one attached hydrogen (secondary N) is 1. The van der Waals surface area contributed by atoms with Crippen LogP contribution in [0.3, 0.4) is 0 Å². The molecular formula is C19H29N5. The number of anilines is 1. The molecule has 5 nitrogen and oxygen atoms in total. The van der Waals surface area contributed by atoms with Crippen molar-refractivity contribution in [1.82, 2.24) is 19.9 Å². The third-order valence-corrected chi connectivity index (χ3v) is 4.58. The zero-order valence-electron chi connectivity index (χ0n) is 15.9. The van der Waals surface area contributed by atoms with Crippen LogP contribution in [0.2, 0.25) is 0 Å². The van der Waals surface area contributed by atoms with Crippen LogP contribution in [0, 0.1) is 19.3 Å². The molecule has 1 atom stereocenters. The average Bonchev–Trinajstić information content (AvgIpc) is 2.51. The van der Waals surface area contributed by atoms with Crippen molar-refractivity contribution in [3.63, 3.8) is 0 Å². The summed E-state index contributed by atoms with van der Waals surface area (Å²) in [6, 6.07) is 4.15. The van der Waals surface area contributed by atoms with E-state index in [2.05, 4.69) is 62.0 Å². The molecule has 0 aliphatic rings. The molecule has 0 radical (unpaired) electrons. The van der Waals surface area contributed by atoms with Gasteiger partial charge in [0.25, 0.3) is 0 Å². The van der Waals surface area contributed by atoms with Gasteiger partial charge >= 0.3 is 0 Å². The van der Waals surface area contributed by atoms with E-state index in [1.165, 1.54) is 0 Å². The van der Waals surface area contributed by atoms with Gasteiger partial charge in [0.1, 0.15) is 5.82 Å². The fourth-order valence-corrected chi connectivity index (χ4v) is 2.75. The molecule has 0 saturated heterocycles. The quantitative estimate of drug-likeness (QED) is 0.879. The summed E-state index contributed by atoms with van der Waals surface area (Å²) >= 11 is 0. The Hall–Kier alpha value is -2.01. The highest BCUT2D eigenvalue weighted by Gasteiger charge is 2.27. The predicted octanol–water partition coefficient (Wildman–Crippen LogP) is 3.54. The molecule has 0 amide bonds. The lowest BCUT2D eigenvalue weighted by atomic mass is 9.85. The van der Waals surface area contributed by atoms with Crippen LogP contribution < -0.4 is 5.32 Å². The van der Waals surface area contributed by atoms with Crippen LogP contribution in [-0.4, -0.2) is 46.5 Å². The Labute approximate surface area is 145 Å². The maximum atomic E-state index is 4.77. The lowest BCUT2D eigenvalue weighted by molar-refractivity contribution is 0.217. The molecule has 0 fully saturated rings. The fraction of sp³-hybridized carbons (Fsp3) is 0.526. The number of nitrogens with zero attached hydrogens (tertiary/aromatic N) is 4. The Morgan fingerprint density at radius 2 is 1.75 bits per heavy atom. The summed E-state index contributed by atoms with van der Waals surface area (Å²) in [5.41, 5.74) is 3.19. The molecule has 130 valence electrons. The van der Waals surface area contributed by atoms with Gasteiger partial charge in [0.15, 0.2) is 5.82 Å². The zero-order valence-corrected chi connectivity index (χ0v) is 15.9. The van der Waals surface area contributed by atoms with E-state index in [-0.39, 0.29) is 11.5 Å². The molecule has 5 heteroatoms. The van der Waals surface area contributed by atoms with E-state index in [9.17, 15) is 0 Å². The average molecular weight is 327 g/mol. The number of hydrogen-bond donors (Lipinski definition) is 1. The molecule has 2 aromatic heterocycles. The third kappa shape index (κ3) is 4.29. The van der Waals surface area contributed by atoms with Gasteiger partial charge in [-0.05, 0) is 52.4 Å². The van der Waals surface area contributed by atoms with Crippen LogP contribution in [0.1, 0.15) is 32.0 Å². The second kappa shape index (κ2) is 7.26. The lowest BCUT2D eigenvalue weighted by Crippen LogP contribution is -2.41. The fourth-order valence-electron chi connectivity index (χ4n) is 2.75. The second-order valence-electron chi connectivity index (χ2n) is 7.43. The van der Waals surface area contributed by atoms with Gasteiger partial charge in [-0.25, -0.2) is 9.97 Å². The van der Waals surface area contributed by atoms with Gasteiger partial charge in [0, 0.05) is 41.8 Å². The first-order valence-electron chi connectivity index (χ1n) is 8.37. The van der Waals surface area contributed by atoms with E-state index >= 15 is 0 Å². The Kier molecular flexibility index (Phi) is 5.54. The van der Waals surface area contributed by atoms with Gasteiger partial charge in [-0.1, -0.05) is 13.8 Å². The number of pyridine rings is 1. The summed E-state index contributed by atoms with van der Waals surface area (Å²) < 4.78 is 0. The van der Waals surface area contributed by atoms with E-state index in [1.807, 2.05) is 19.1 Å². The first-order chi connectivity index (χ1) is 11.2. The zero-order chi connectivity index (χ0) is 17.9. The van der Waals surface area contributed by atoms with Crippen molar-refractivity contribution >= 4 is 5.82 Å². The standard InChI is InChI=1S/C19H29N5/c1-13-14(2)21-18(16-8-10-20-11-9-16)23-17(13)22-15(3)19(4,5)12-24(6)7/h8-11,15H,12H2,1-7H3,(H,21,22,23). The van der Waals surface area contributed by atoms with Crippen LogP contribution in [0.25, 0.3) is 11.4 Å². The summed E-state index contributed by atoms with van der Waals surface area (Å²) in [5, 5.41) is 3.61. The highest BCUT2D eigenvalue weighted by Crippen LogP contribution is 2.27. The van der Waals surface area contributed by atoms with E-state index in [0.717, 1.165) is 35.0 Å². The molecule has 24 heavy (non-hydrogen) atoms. The first kappa shape index (κ1) is 18.3. The molecule has 2 aromatic rings. The number of hydrogen-bond acceptors (Lipinski definition) is 5. The second-order valence-corrected chi connectivity index (χ2v) is 7.43. The molecular weight excluding hydrogens is 298 g/mol. The smallest absolute Gasteiger partial charge is 0.161 e. The maximum Gasteiger partial charge on any atom is 0.161 e. The van der Waals surface area contributed by atoms with Crippen molar-refractivity contribution < 1.29 is 0 Å². The van der Waals surface area contributed by atoms with Crippen LogP contribution in [0.15, 0.2) is 24.5 Å². The molecule has 0 saturated carbocycles. The van der Waals surface area contributed by atoms with Gasteiger partial charge in [0.05, 0.1) is 0 Å². The van der Waals surface area contributed by atoms with E-state index in [1.54, 1.807) is 12.4 Å². The highest BCUT2D eigenvalue weighted by atomic mass is 15.1. The summed E-state index contributed by atoms with van der Waals surface area (Å²) in [6.07, 6.45) is 3.54. The van der Waals surface area contributed by atoms with Crippen LogP contribution in [0.4, 0.5) is 5.82 Å². The topological polar surface area (TPSA) is 53.9 Å². The minimum Gasteiger partial charge on any atom is -0.367 e. The minimum atomic E-state index is 0.117. The largest absolute Gasteiger partial charge is 0.367 e. The van der Waals surface area contributed by atoms with Crippen LogP contribution in [0.5, 0.6) is 0 Å². The minimum absolute atomic E-state index is 0.117. The lowest BCUT2D eigenvalue weighted by Gasteiger charge is -2.35. The Morgan fingerprint density at radius 1 is 1.12 bits per heavy atom. The molecule has 0 bridgehead atoms.